The molecular formula is C24H35NO. The molecule has 0 radical (unpaired) electrons. The molecule has 1 aromatic carbocycles. The summed E-state index contributed by atoms with van der Waals surface area (Å²) < 4.78 is 0. The average Bonchev–Trinajstić information content (AvgIpc) is 2.92. The number of fused-ring (bicyclic) bond motifs is 1. The van der Waals surface area contributed by atoms with Gasteiger partial charge in [-0.3, -0.25) is 4.79 Å². The quantitative estimate of drug-likeness (QED) is 0.682. The van der Waals surface area contributed by atoms with Gasteiger partial charge in [0.05, 0.1) is 0 Å². The topological polar surface area (TPSA) is 20.3 Å². The second-order valence-corrected chi connectivity index (χ2v) is 8.40. The van der Waals surface area contributed by atoms with E-state index in [9.17, 15) is 4.79 Å². The fourth-order valence-electron chi connectivity index (χ4n) is 4.34. The van der Waals surface area contributed by atoms with Crippen LogP contribution in [0.25, 0.3) is 0 Å². The molecule has 0 bridgehead atoms. The van der Waals surface area contributed by atoms with Gasteiger partial charge in [-0.2, -0.15) is 0 Å². The monoisotopic (exact) mass is 353 g/mol. The Morgan fingerprint density at radius 2 is 1.77 bits per heavy atom. The van der Waals surface area contributed by atoms with Gasteiger partial charge in [0, 0.05) is 19.4 Å². The van der Waals surface area contributed by atoms with Gasteiger partial charge in [0.25, 0.3) is 0 Å². The van der Waals surface area contributed by atoms with Gasteiger partial charge < -0.3 is 4.90 Å². The van der Waals surface area contributed by atoms with E-state index in [1.54, 1.807) is 0 Å². The van der Waals surface area contributed by atoms with Gasteiger partial charge in [0.1, 0.15) is 5.78 Å². The molecule has 2 heteroatoms. The highest BCUT2D eigenvalue weighted by Crippen LogP contribution is 2.23. The molecule has 1 heterocycles. The van der Waals surface area contributed by atoms with Crippen molar-refractivity contribution < 1.29 is 4.79 Å². The first kappa shape index (κ1) is 19.4. The zero-order valence-corrected chi connectivity index (χ0v) is 16.5. The molecule has 26 heavy (non-hydrogen) atoms. The van der Waals surface area contributed by atoms with E-state index < -0.39 is 0 Å². The summed E-state index contributed by atoms with van der Waals surface area (Å²) in [4.78, 5) is 14.9. The van der Waals surface area contributed by atoms with Crippen LogP contribution >= 0.6 is 0 Å². The Morgan fingerprint density at radius 1 is 1.04 bits per heavy atom. The number of Topliss-reactive ketones (excluding diaryl/α,β-unsaturated/α-hetero) is 1. The second kappa shape index (κ2) is 10.1. The lowest BCUT2D eigenvalue weighted by Crippen LogP contribution is -2.26. The summed E-state index contributed by atoms with van der Waals surface area (Å²) >= 11 is 0. The molecule has 1 aliphatic carbocycles. The number of hydrogen-bond acceptors (Lipinski definition) is 2. The molecule has 1 aliphatic heterocycles. The average molecular weight is 354 g/mol. The highest BCUT2D eigenvalue weighted by molar-refractivity contribution is 5.79. The summed E-state index contributed by atoms with van der Waals surface area (Å²) in [5.41, 5.74) is 4.41. The lowest BCUT2D eigenvalue weighted by molar-refractivity contribution is -0.118. The molecule has 2 nitrogen and oxygen atoms in total. The minimum atomic E-state index is 0.412. The molecule has 142 valence electrons. The van der Waals surface area contributed by atoms with E-state index in [1.165, 1.54) is 55.5 Å². The normalized spacial score (nSPS) is 23.5. The Bertz CT molecular complexity index is 610. The summed E-state index contributed by atoms with van der Waals surface area (Å²) in [7, 11) is 0. The van der Waals surface area contributed by atoms with Crippen LogP contribution in [0.15, 0.2) is 35.9 Å². The van der Waals surface area contributed by atoms with Crippen LogP contribution < -0.4 is 0 Å². The van der Waals surface area contributed by atoms with Crippen molar-refractivity contribution >= 4 is 5.78 Å². The van der Waals surface area contributed by atoms with Crippen LogP contribution in [0.4, 0.5) is 0 Å². The minimum Gasteiger partial charge on any atom is -0.303 e. The summed E-state index contributed by atoms with van der Waals surface area (Å²) in [6.45, 7) is 5.94. The predicted molar refractivity (Wildman–Crippen MR) is 109 cm³/mol. The van der Waals surface area contributed by atoms with Crippen molar-refractivity contribution in [3.63, 3.8) is 0 Å². The molecule has 1 atom stereocenters. The fraction of sp³-hybridized carbons (Fsp3) is 0.625. The summed E-state index contributed by atoms with van der Waals surface area (Å²) in [5.74, 6) is 0.994. The number of carbonyl (C=O) groups is 1. The van der Waals surface area contributed by atoms with Crippen molar-refractivity contribution in [2.75, 3.05) is 19.6 Å². The van der Waals surface area contributed by atoms with Crippen molar-refractivity contribution in [3.8, 4) is 0 Å². The van der Waals surface area contributed by atoms with Gasteiger partial charge >= 0.3 is 0 Å². The van der Waals surface area contributed by atoms with E-state index in [4.69, 9.17) is 0 Å². The number of hydrogen-bond donors (Lipinski definition) is 0. The maximum Gasteiger partial charge on any atom is 0.136 e. The Hall–Kier alpha value is -1.41. The Kier molecular flexibility index (Phi) is 7.49. The van der Waals surface area contributed by atoms with Crippen molar-refractivity contribution in [2.24, 2.45) is 5.92 Å². The number of nitrogens with zero attached hydrogens (tertiary/aromatic N) is 1. The van der Waals surface area contributed by atoms with E-state index in [0.717, 1.165) is 38.6 Å². The number of benzene rings is 1. The largest absolute Gasteiger partial charge is 0.303 e. The first-order valence-electron chi connectivity index (χ1n) is 10.7. The molecule has 0 amide bonds. The van der Waals surface area contributed by atoms with Crippen LogP contribution in [-0.2, 0) is 17.6 Å². The zero-order valence-electron chi connectivity index (χ0n) is 16.5. The lowest BCUT2D eigenvalue weighted by atomic mass is 9.91. The van der Waals surface area contributed by atoms with E-state index in [-0.39, 0.29) is 0 Å². The first-order chi connectivity index (χ1) is 12.7. The van der Waals surface area contributed by atoms with Gasteiger partial charge in [0.2, 0.25) is 0 Å². The van der Waals surface area contributed by atoms with Crippen molar-refractivity contribution in [2.45, 2.75) is 71.1 Å². The molecule has 1 unspecified atom stereocenters. The maximum atomic E-state index is 12.3. The van der Waals surface area contributed by atoms with E-state index in [2.05, 4.69) is 42.2 Å². The highest BCUT2D eigenvalue weighted by Gasteiger charge is 2.15. The molecule has 0 saturated carbocycles. The molecule has 3 rings (SSSR count). The Balaban J connectivity index is 1.71. The third-order valence-electron chi connectivity index (χ3n) is 6.09. The van der Waals surface area contributed by atoms with Crippen LogP contribution in [-0.4, -0.2) is 30.3 Å². The molecule has 1 fully saturated rings. The van der Waals surface area contributed by atoms with Crippen LogP contribution in [0.2, 0.25) is 0 Å². The third-order valence-corrected chi connectivity index (χ3v) is 6.09. The van der Waals surface area contributed by atoms with E-state index in [1.807, 2.05) is 0 Å². The highest BCUT2D eigenvalue weighted by atomic mass is 16.1. The zero-order chi connectivity index (χ0) is 18.2. The maximum absolute atomic E-state index is 12.3. The number of likely N-dealkylation sites (tertiary alicyclic amines) is 1. The lowest BCUT2D eigenvalue weighted by Gasteiger charge is -2.21. The van der Waals surface area contributed by atoms with Crippen molar-refractivity contribution in [3.05, 3.63) is 47.0 Å². The Morgan fingerprint density at radius 3 is 2.54 bits per heavy atom. The van der Waals surface area contributed by atoms with E-state index >= 15 is 0 Å². The van der Waals surface area contributed by atoms with Crippen molar-refractivity contribution in [1.29, 1.82) is 0 Å². The summed E-state index contributed by atoms with van der Waals surface area (Å²) in [6.07, 6.45) is 13.3. The van der Waals surface area contributed by atoms with Crippen molar-refractivity contribution in [1.82, 2.24) is 4.90 Å². The Labute approximate surface area is 159 Å². The second-order valence-electron chi connectivity index (χ2n) is 8.40. The summed E-state index contributed by atoms with van der Waals surface area (Å²) in [6, 6.07) is 8.91. The van der Waals surface area contributed by atoms with Crippen LogP contribution in [0, 0.1) is 5.92 Å². The van der Waals surface area contributed by atoms with Crippen LogP contribution in [0.1, 0.15) is 69.4 Å². The third kappa shape index (κ3) is 6.09. The minimum absolute atomic E-state index is 0.412. The molecule has 1 aromatic rings. The molecule has 1 saturated heterocycles. The van der Waals surface area contributed by atoms with Gasteiger partial charge in [-0.15, -0.1) is 0 Å². The number of allylic oxidation sites excluding steroid dienone is 1. The molecule has 0 spiro atoms. The molecule has 2 aliphatic rings. The smallest absolute Gasteiger partial charge is 0.136 e. The van der Waals surface area contributed by atoms with Gasteiger partial charge in [0.15, 0.2) is 0 Å². The SMILES string of the molecule is CC1CCC(=O)CC=C(CCN2CCCCCC2)Cc2ccccc2C1. The van der Waals surface area contributed by atoms with E-state index in [0.29, 0.717) is 18.1 Å². The van der Waals surface area contributed by atoms with Crippen LogP contribution in [0.3, 0.4) is 0 Å². The number of rotatable bonds is 3. The fourth-order valence-corrected chi connectivity index (χ4v) is 4.34. The van der Waals surface area contributed by atoms with Gasteiger partial charge in [-0.05, 0) is 68.7 Å². The number of ketones is 1. The standard InChI is InChI=1S/C24H35NO/c1-20-10-12-24(26)13-11-21(14-17-25-15-6-2-3-7-16-25)19-23-9-5-4-8-22(23)18-20/h4-5,8-9,11,20H,2-3,6-7,10,12-19H2,1H3. The van der Waals surface area contributed by atoms with Gasteiger partial charge in [-0.1, -0.05) is 55.7 Å². The van der Waals surface area contributed by atoms with Crippen LogP contribution in [0.5, 0.6) is 0 Å². The molecule has 0 aromatic heterocycles. The van der Waals surface area contributed by atoms with Gasteiger partial charge in [-0.25, -0.2) is 0 Å². The first-order valence-corrected chi connectivity index (χ1v) is 10.7. The molecular weight excluding hydrogens is 318 g/mol. The molecule has 0 N–H and O–H groups in total. The number of carbonyl (C=O) groups excluding carboxylic acids is 1. The summed E-state index contributed by atoms with van der Waals surface area (Å²) in [5, 5.41) is 0. The predicted octanol–water partition coefficient (Wildman–Crippen LogP) is 5.35.